The Balaban J connectivity index is 2.24. The van der Waals surface area contributed by atoms with Crippen molar-refractivity contribution in [3.8, 4) is 11.1 Å². The molecule has 100 valence electrons. The molecule has 0 bridgehead atoms. The molecule has 0 fully saturated rings. The highest BCUT2D eigenvalue weighted by molar-refractivity contribution is 5.64. The minimum absolute atomic E-state index is 0.150. The van der Waals surface area contributed by atoms with Crippen LogP contribution in [-0.2, 0) is 0 Å². The third kappa shape index (κ3) is 3.21. The van der Waals surface area contributed by atoms with Crippen LogP contribution in [0.25, 0.3) is 11.1 Å². The van der Waals surface area contributed by atoms with Gasteiger partial charge in [0, 0.05) is 6.04 Å². The Bertz CT molecular complexity index is 546. The van der Waals surface area contributed by atoms with Gasteiger partial charge in [-0.2, -0.15) is 0 Å². The average Bonchev–Trinajstić information content (AvgIpc) is 2.42. The van der Waals surface area contributed by atoms with Crippen LogP contribution in [0.2, 0.25) is 0 Å². The van der Waals surface area contributed by atoms with E-state index in [1.165, 1.54) is 5.56 Å². The Kier molecular flexibility index (Phi) is 4.33. The second kappa shape index (κ2) is 5.98. The summed E-state index contributed by atoms with van der Waals surface area (Å²) in [6.45, 7) is 6.97. The quantitative estimate of drug-likeness (QED) is 0.852. The van der Waals surface area contributed by atoms with Crippen LogP contribution in [-0.4, -0.2) is 6.54 Å². The van der Waals surface area contributed by atoms with Crippen LogP contribution >= 0.6 is 0 Å². The van der Waals surface area contributed by atoms with Crippen molar-refractivity contribution >= 4 is 0 Å². The van der Waals surface area contributed by atoms with E-state index < -0.39 is 0 Å². The van der Waals surface area contributed by atoms with E-state index in [2.05, 4.69) is 31.3 Å². The van der Waals surface area contributed by atoms with Crippen molar-refractivity contribution in [3.05, 3.63) is 59.4 Å². The van der Waals surface area contributed by atoms with E-state index in [0.29, 0.717) is 11.6 Å². The van der Waals surface area contributed by atoms with Gasteiger partial charge in [-0.25, -0.2) is 4.39 Å². The molecule has 0 spiro atoms. The van der Waals surface area contributed by atoms with E-state index in [0.717, 1.165) is 17.7 Å². The van der Waals surface area contributed by atoms with Crippen molar-refractivity contribution in [1.29, 1.82) is 0 Å². The summed E-state index contributed by atoms with van der Waals surface area (Å²) in [6, 6.07) is 14.0. The molecular weight excluding hydrogens is 237 g/mol. The number of hydrogen-bond acceptors (Lipinski definition) is 1. The summed E-state index contributed by atoms with van der Waals surface area (Å²) in [4.78, 5) is 0. The molecule has 1 nitrogen and oxygen atoms in total. The van der Waals surface area contributed by atoms with Gasteiger partial charge < -0.3 is 5.32 Å². The summed E-state index contributed by atoms with van der Waals surface area (Å²) in [7, 11) is 0. The Labute approximate surface area is 114 Å². The lowest BCUT2D eigenvalue weighted by molar-refractivity contribution is 0.598. The molecule has 0 aliphatic heterocycles. The third-order valence-corrected chi connectivity index (χ3v) is 3.43. The van der Waals surface area contributed by atoms with Gasteiger partial charge in [0.05, 0.1) is 0 Å². The molecule has 2 heteroatoms. The molecule has 0 aliphatic rings. The van der Waals surface area contributed by atoms with Crippen molar-refractivity contribution in [2.24, 2.45) is 0 Å². The summed E-state index contributed by atoms with van der Waals surface area (Å²) in [6.07, 6.45) is 0. The standard InChI is InChI=1S/C17H20FN/c1-4-19-13(3)14-7-9-15(10-8-14)16-6-5-12(2)17(18)11-16/h5-11,13,19H,4H2,1-3H3. The highest BCUT2D eigenvalue weighted by Gasteiger charge is 2.05. The predicted octanol–water partition coefficient (Wildman–Crippen LogP) is 4.47. The molecule has 0 amide bonds. The van der Waals surface area contributed by atoms with Gasteiger partial charge in [0.25, 0.3) is 0 Å². The number of rotatable bonds is 4. The topological polar surface area (TPSA) is 12.0 Å². The van der Waals surface area contributed by atoms with Crippen molar-refractivity contribution < 1.29 is 4.39 Å². The second-order valence-corrected chi connectivity index (χ2v) is 4.87. The van der Waals surface area contributed by atoms with Gasteiger partial charge in [-0.15, -0.1) is 0 Å². The molecule has 0 saturated heterocycles. The van der Waals surface area contributed by atoms with Crippen LogP contribution in [0.4, 0.5) is 4.39 Å². The average molecular weight is 257 g/mol. The van der Waals surface area contributed by atoms with Crippen LogP contribution in [0.15, 0.2) is 42.5 Å². The van der Waals surface area contributed by atoms with Gasteiger partial charge in [0.15, 0.2) is 0 Å². The molecule has 0 heterocycles. The molecule has 0 aliphatic carbocycles. The zero-order chi connectivity index (χ0) is 13.8. The van der Waals surface area contributed by atoms with Gasteiger partial charge in [0.1, 0.15) is 5.82 Å². The Morgan fingerprint density at radius 3 is 2.26 bits per heavy atom. The zero-order valence-corrected chi connectivity index (χ0v) is 11.7. The fourth-order valence-corrected chi connectivity index (χ4v) is 2.16. The minimum atomic E-state index is -0.150. The van der Waals surface area contributed by atoms with Gasteiger partial charge in [0.2, 0.25) is 0 Å². The first-order valence-electron chi connectivity index (χ1n) is 6.71. The maximum Gasteiger partial charge on any atom is 0.126 e. The van der Waals surface area contributed by atoms with Gasteiger partial charge >= 0.3 is 0 Å². The molecule has 1 unspecified atom stereocenters. The normalized spacial score (nSPS) is 12.4. The van der Waals surface area contributed by atoms with E-state index in [9.17, 15) is 4.39 Å². The monoisotopic (exact) mass is 257 g/mol. The smallest absolute Gasteiger partial charge is 0.126 e. The second-order valence-electron chi connectivity index (χ2n) is 4.87. The molecule has 2 rings (SSSR count). The van der Waals surface area contributed by atoms with E-state index in [1.54, 1.807) is 13.0 Å². The highest BCUT2D eigenvalue weighted by Crippen LogP contribution is 2.23. The lowest BCUT2D eigenvalue weighted by Gasteiger charge is -2.13. The van der Waals surface area contributed by atoms with Crippen molar-refractivity contribution in [3.63, 3.8) is 0 Å². The summed E-state index contributed by atoms with van der Waals surface area (Å²) in [5.74, 6) is -0.150. The number of aryl methyl sites for hydroxylation is 1. The first kappa shape index (κ1) is 13.8. The van der Waals surface area contributed by atoms with Gasteiger partial charge in [-0.05, 0) is 48.7 Å². The minimum Gasteiger partial charge on any atom is -0.310 e. The maximum atomic E-state index is 13.6. The van der Waals surface area contributed by atoms with E-state index >= 15 is 0 Å². The summed E-state index contributed by atoms with van der Waals surface area (Å²) < 4.78 is 13.6. The lowest BCUT2D eigenvalue weighted by atomic mass is 10.0. The molecule has 1 N–H and O–H groups in total. The van der Waals surface area contributed by atoms with Crippen LogP contribution < -0.4 is 5.32 Å². The fourth-order valence-electron chi connectivity index (χ4n) is 2.16. The summed E-state index contributed by atoms with van der Waals surface area (Å²) >= 11 is 0. The van der Waals surface area contributed by atoms with Gasteiger partial charge in [-0.1, -0.05) is 43.3 Å². The SMILES string of the molecule is CCNC(C)c1ccc(-c2ccc(C)c(F)c2)cc1. The highest BCUT2D eigenvalue weighted by atomic mass is 19.1. The van der Waals surface area contributed by atoms with Crippen LogP contribution in [0.5, 0.6) is 0 Å². The Morgan fingerprint density at radius 1 is 1.05 bits per heavy atom. The van der Waals surface area contributed by atoms with Crippen molar-refractivity contribution in [2.45, 2.75) is 26.8 Å². The van der Waals surface area contributed by atoms with E-state index in [-0.39, 0.29) is 5.82 Å². The van der Waals surface area contributed by atoms with E-state index in [1.807, 2.05) is 24.3 Å². The van der Waals surface area contributed by atoms with Crippen LogP contribution in [0.1, 0.15) is 31.0 Å². The number of hydrogen-bond donors (Lipinski definition) is 1. The zero-order valence-electron chi connectivity index (χ0n) is 11.7. The summed E-state index contributed by atoms with van der Waals surface area (Å²) in [5, 5.41) is 3.38. The molecule has 2 aromatic carbocycles. The van der Waals surface area contributed by atoms with Crippen molar-refractivity contribution in [2.75, 3.05) is 6.54 Å². The maximum absolute atomic E-state index is 13.6. The molecule has 0 aromatic heterocycles. The molecular formula is C17H20FN. The molecule has 1 atom stereocenters. The largest absolute Gasteiger partial charge is 0.310 e. The molecule has 2 aromatic rings. The molecule has 0 radical (unpaired) electrons. The van der Waals surface area contributed by atoms with Crippen LogP contribution in [0, 0.1) is 12.7 Å². The van der Waals surface area contributed by atoms with Gasteiger partial charge in [-0.3, -0.25) is 0 Å². The number of nitrogens with one attached hydrogen (secondary N) is 1. The third-order valence-electron chi connectivity index (χ3n) is 3.43. The molecule has 0 saturated carbocycles. The number of halogens is 1. The fraction of sp³-hybridized carbons (Fsp3) is 0.294. The van der Waals surface area contributed by atoms with Crippen LogP contribution in [0.3, 0.4) is 0 Å². The first-order valence-corrected chi connectivity index (χ1v) is 6.71. The predicted molar refractivity (Wildman–Crippen MR) is 78.7 cm³/mol. The summed E-state index contributed by atoms with van der Waals surface area (Å²) in [5.41, 5.74) is 3.90. The Hall–Kier alpha value is -1.67. The number of benzene rings is 2. The lowest BCUT2D eigenvalue weighted by Crippen LogP contribution is -2.17. The first-order chi connectivity index (χ1) is 9.11. The Morgan fingerprint density at radius 2 is 1.68 bits per heavy atom. The molecule has 19 heavy (non-hydrogen) atoms. The van der Waals surface area contributed by atoms with Crippen molar-refractivity contribution in [1.82, 2.24) is 5.32 Å². The van der Waals surface area contributed by atoms with E-state index in [4.69, 9.17) is 0 Å².